The zero-order valence-electron chi connectivity index (χ0n) is 18.3. The Kier molecular flexibility index (Phi) is 6.63. The maximum Gasteiger partial charge on any atom is 0.416 e. The second-order valence-corrected chi connectivity index (χ2v) is 7.61. The number of benzene rings is 2. The van der Waals surface area contributed by atoms with Gasteiger partial charge in [0.2, 0.25) is 0 Å². The maximum absolute atomic E-state index is 13.1. The van der Waals surface area contributed by atoms with Crippen molar-refractivity contribution in [3.63, 3.8) is 0 Å². The van der Waals surface area contributed by atoms with Crippen LogP contribution in [0.2, 0.25) is 0 Å². The van der Waals surface area contributed by atoms with E-state index >= 15 is 0 Å². The van der Waals surface area contributed by atoms with Gasteiger partial charge in [0.15, 0.2) is 0 Å². The lowest BCUT2D eigenvalue weighted by Crippen LogP contribution is -2.38. The number of nitrogens with zero attached hydrogens (tertiary/aromatic N) is 3. The van der Waals surface area contributed by atoms with Crippen LogP contribution >= 0.6 is 0 Å². The Labute approximate surface area is 189 Å². The highest BCUT2D eigenvalue weighted by Gasteiger charge is 2.37. The zero-order chi connectivity index (χ0) is 25.4. The largest absolute Gasteiger partial charge is 0.416 e. The first kappa shape index (κ1) is 25.1. The Morgan fingerprint density at radius 2 is 1.62 bits per heavy atom. The van der Waals surface area contributed by atoms with E-state index in [0.717, 1.165) is 4.90 Å². The topological polar surface area (TPSA) is 67.2 Å². The van der Waals surface area contributed by atoms with E-state index in [2.05, 4.69) is 10.3 Å². The molecule has 0 aliphatic carbocycles. The molecule has 2 amide bonds. The van der Waals surface area contributed by atoms with Crippen LogP contribution < -0.4 is 10.9 Å². The average molecular weight is 486 g/mol. The number of urea groups is 1. The van der Waals surface area contributed by atoms with Gasteiger partial charge in [-0.1, -0.05) is 19.1 Å². The third-order valence-corrected chi connectivity index (χ3v) is 5.33. The van der Waals surface area contributed by atoms with Gasteiger partial charge >= 0.3 is 18.4 Å². The van der Waals surface area contributed by atoms with E-state index < -0.39 is 41.2 Å². The standard InChI is InChI=1S/C22H20F6N4O2/c1-4-17(18-30-16-8-6-5-7-15(16)19(33)32(18)3)31(2)20(34)29-14-10-12(21(23,24)25)9-13(11-14)22(26,27)28/h5-11,17H,4H2,1-3H3,(H,29,34). The van der Waals surface area contributed by atoms with Crippen molar-refractivity contribution < 1.29 is 31.1 Å². The molecular formula is C22H20F6N4O2. The average Bonchev–Trinajstić information content (AvgIpc) is 2.76. The van der Waals surface area contributed by atoms with Crippen LogP contribution in [0.15, 0.2) is 47.3 Å². The maximum atomic E-state index is 13.1. The Hall–Kier alpha value is -3.57. The third kappa shape index (κ3) is 5.00. The van der Waals surface area contributed by atoms with E-state index in [-0.39, 0.29) is 23.9 Å². The van der Waals surface area contributed by atoms with Crippen molar-refractivity contribution >= 4 is 22.6 Å². The number of hydrogen-bond acceptors (Lipinski definition) is 3. The molecule has 0 radical (unpaired) electrons. The molecule has 1 N–H and O–H groups in total. The monoisotopic (exact) mass is 486 g/mol. The highest BCUT2D eigenvalue weighted by molar-refractivity contribution is 5.89. The third-order valence-electron chi connectivity index (χ3n) is 5.33. The van der Waals surface area contributed by atoms with Gasteiger partial charge in [-0.2, -0.15) is 26.3 Å². The number of fused-ring (bicyclic) bond motifs is 1. The highest BCUT2D eigenvalue weighted by atomic mass is 19.4. The first-order chi connectivity index (χ1) is 15.7. The van der Waals surface area contributed by atoms with E-state index in [4.69, 9.17) is 0 Å². The van der Waals surface area contributed by atoms with E-state index in [1.165, 1.54) is 18.7 Å². The molecule has 0 spiro atoms. The van der Waals surface area contributed by atoms with Crippen LogP contribution in [0.25, 0.3) is 10.9 Å². The molecule has 0 saturated carbocycles. The summed E-state index contributed by atoms with van der Waals surface area (Å²) in [6, 6.07) is 5.62. The van der Waals surface area contributed by atoms with E-state index in [1.807, 2.05) is 0 Å². The molecule has 2 aromatic carbocycles. The van der Waals surface area contributed by atoms with Crippen LogP contribution in [-0.2, 0) is 19.4 Å². The van der Waals surface area contributed by atoms with Gasteiger partial charge in [0.25, 0.3) is 5.56 Å². The molecule has 1 unspecified atom stereocenters. The van der Waals surface area contributed by atoms with Crippen LogP contribution in [0.4, 0.5) is 36.8 Å². The number of anilines is 1. The molecule has 12 heteroatoms. The minimum atomic E-state index is -5.05. The van der Waals surface area contributed by atoms with Gasteiger partial charge in [-0.25, -0.2) is 9.78 Å². The number of alkyl halides is 6. The molecule has 3 rings (SSSR count). The minimum absolute atomic E-state index is 0.0248. The number of aromatic nitrogens is 2. The molecule has 1 heterocycles. The van der Waals surface area contributed by atoms with Gasteiger partial charge in [0.1, 0.15) is 5.82 Å². The first-order valence-corrected chi connectivity index (χ1v) is 10.0. The van der Waals surface area contributed by atoms with Gasteiger partial charge in [-0.15, -0.1) is 0 Å². The molecule has 34 heavy (non-hydrogen) atoms. The quantitative estimate of drug-likeness (QED) is 0.490. The van der Waals surface area contributed by atoms with Gasteiger partial charge in [-0.05, 0) is 36.8 Å². The van der Waals surface area contributed by atoms with Gasteiger partial charge < -0.3 is 10.2 Å². The van der Waals surface area contributed by atoms with Gasteiger partial charge in [0.05, 0.1) is 28.1 Å². The number of para-hydroxylation sites is 1. The number of hydrogen-bond donors (Lipinski definition) is 1. The van der Waals surface area contributed by atoms with Crippen molar-refractivity contribution in [1.82, 2.24) is 14.5 Å². The fourth-order valence-corrected chi connectivity index (χ4v) is 3.54. The summed E-state index contributed by atoms with van der Waals surface area (Å²) in [5.74, 6) is 0.212. The molecule has 3 aromatic rings. The van der Waals surface area contributed by atoms with Crippen LogP contribution in [0.1, 0.15) is 36.3 Å². The first-order valence-electron chi connectivity index (χ1n) is 10.0. The lowest BCUT2D eigenvalue weighted by atomic mass is 10.1. The van der Waals surface area contributed by atoms with Crippen LogP contribution in [0.5, 0.6) is 0 Å². The Balaban J connectivity index is 1.97. The molecule has 1 aromatic heterocycles. The van der Waals surface area contributed by atoms with Crippen molar-refractivity contribution in [1.29, 1.82) is 0 Å². The number of rotatable bonds is 4. The summed E-state index contributed by atoms with van der Waals surface area (Å²) in [4.78, 5) is 31.0. The van der Waals surface area contributed by atoms with Gasteiger partial charge in [0, 0.05) is 19.8 Å². The summed E-state index contributed by atoms with van der Waals surface area (Å²) in [5.41, 5.74) is -3.74. The Morgan fingerprint density at radius 3 is 2.15 bits per heavy atom. The molecule has 0 bridgehead atoms. The smallest absolute Gasteiger partial charge is 0.317 e. The van der Waals surface area contributed by atoms with Crippen molar-refractivity contribution in [3.05, 3.63) is 69.8 Å². The zero-order valence-corrected chi connectivity index (χ0v) is 18.3. The lowest BCUT2D eigenvalue weighted by Gasteiger charge is -2.28. The van der Waals surface area contributed by atoms with Crippen molar-refractivity contribution in [2.24, 2.45) is 7.05 Å². The van der Waals surface area contributed by atoms with Crippen LogP contribution in [0.3, 0.4) is 0 Å². The number of halogens is 6. The molecule has 0 aliphatic rings. The highest BCUT2D eigenvalue weighted by Crippen LogP contribution is 2.37. The second-order valence-electron chi connectivity index (χ2n) is 7.61. The minimum Gasteiger partial charge on any atom is -0.317 e. The number of carbonyl (C=O) groups is 1. The summed E-state index contributed by atoms with van der Waals surface area (Å²) in [5, 5.41) is 2.45. The Morgan fingerprint density at radius 1 is 1.06 bits per heavy atom. The van der Waals surface area contributed by atoms with Crippen LogP contribution in [0, 0.1) is 0 Å². The molecular weight excluding hydrogens is 466 g/mol. The summed E-state index contributed by atoms with van der Waals surface area (Å²) in [6.45, 7) is 1.70. The summed E-state index contributed by atoms with van der Waals surface area (Å²) in [7, 11) is 2.77. The number of amides is 2. The summed E-state index contributed by atoms with van der Waals surface area (Å²) < 4.78 is 79.9. The van der Waals surface area contributed by atoms with E-state index in [0.29, 0.717) is 23.0 Å². The molecule has 182 valence electrons. The normalized spacial score (nSPS) is 13.1. The summed E-state index contributed by atoms with van der Waals surface area (Å²) in [6.07, 6.45) is -9.84. The van der Waals surface area contributed by atoms with Crippen molar-refractivity contribution in [3.8, 4) is 0 Å². The van der Waals surface area contributed by atoms with Crippen LogP contribution in [-0.4, -0.2) is 27.5 Å². The fraction of sp³-hybridized carbons (Fsp3) is 0.318. The Bertz CT molecular complexity index is 1250. The van der Waals surface area contributed by atoms with Crippen molar-refractivity contribution in [2.45, 2.75) is 31.7 Å². The molecule has 1 atom stereocenters. The fourth-order valence-electron chi connectivity index (χ4n) is 3.54. The molecule has 0 fully saturated rings. The second kappa shape index (κ2) is 8.99. The molecule has 0 aliphatic heterocycles. The van der Waals surface area contributed by atoms with E-state index in [1.54, 1.807) is 31.2 Å². The predicted octanol–water partition coefficient (Wildman–Crippen LogP) is 5.59. The SMILES string of the molecule is CCC(c1nc2ccccc2c(=O)n1C)N(C)C(=O)Nc1cc(C(F)(F)F)cc(C(F)(F)F)c1. The summed E-state index contributed by atoms with van der Waals surface area (Å²) >= 11 is 0. The lowest BCUT2D eigenvalue weighted by molar-refractivity contribution is -0.143. The van der Waals surface area contributed by atoms with Crippen molar-refractivity contribution in [2.75, 3.05) is 12.4 Å². The molecule has 6 nitrogen and oxygen atoms in total. The number of nitrogens with one attached hydrogen (secondary N) is 1. The number of carbonyl (C=O) groups excluding carboxylic acids is 1. The molecule has 0 saturated heterocycles. The van der Waals surface area contributed by atoms with E-state index in [9.17, 15) is 35.9 Å². The predicted molar refractivity (Wildman–Crippen MR) is 113 cm³/mol. The van der Waals surface area contributed by atoms with Gasteiger partial charge in [-0.3, -0.25) is 9.36 Å².